The lowest BCUT2D eigenvalue weighted by atomic mass is 10.0. The third-order valence-electron chi connectivity index (χ3n) is 5.18. The predicted molar refractivity (Wildman–Crippen MR) is 129 cm³/mol. The molecule has 2 heterocycles. The molecular formula is C25H26N2OS2. The van der Waals surface area contributed by atoms with Crippen LogP contribution < -0.4 is 4.74 Å². The lowest BCUT2D eigenvalue weighted by Gasteiger charge is -2.05. The minimum Gasteiger partial charge on any atom is -0.494 e. The molecule has 0 amide bonds. The first-order chi connectivity index (χ1) is 14.5. The molecule has 0 saturated carbocycles. The van der Waals surface area contributed by atoms with Crippen molar-refractivity contribution in [3.8, 4) is 38.3 Å². The molecule has 0 unspecified atom stereocenters. The number of benzene rings is 2. The molecular weight excluding hydrogens is 408 g/mol. The molecule has 2 aromatic heterocycles. The van der Waals surface area contributed by atoms with Crippen molar-refractivity contribution in [2.24, 2.45) is 0 Å². The number of ether oxygens (including phenoxy) is 1. The summed E-state index contributed by atoms with van der Waals surface area (Å²) in [5.41, 5.74) is 6.91. The van der Waals surface area contributed by atoms with Crippen LogP contribution >= 0.6 is 22.7 Å². The highest BCUT2D eigenvalue weighted by molar-refractivity contribution is 7.21. The fourth-order valence-electron chi connectivity index (χ4n) is 3.21. The van der Waals surface area contributed by atoms with Crippen molar-refractivity contribution in [1.29, 1.82) is 0 Å². The summed E-state index contributed by atoms with van der Waals surface area (Å²) in [4.78, 5) is 11.0. The molecule has 154 valence electrons. The Morgan fingerprint density at radius 1 is 0.867 bits per heavy atom. The standard InChI is InChI=1S/C25H26N2OS2/c1-5-6-13-28-21-11-9-19(10-12-21)22-15-29-24(26-22)25-27-23(18(4)30-25)20-8-7-16(2)17(3)14-20/h7-12,14-15H,5-6,13H2,1-4H3. The van der Waals surface area contributed by atoms with Gasteiger partial charge in [-0.1, -0.05) is 25.5 Å². The average molecular weight is 435 g/mol. The Kier molecular flexibility index (Phi) is 6.30. The first-order valence-electron chi connectivity index (χ1n) is 10.3. The lowest BCUT2D eigenvalue weighted by Crippen LogP contribution is -1.95. The zero-order valence-electron chi connectivity index (χ0n) is 17.9. The number of thiazole rings is 2. The minimum atomic E-state index is 0.767. The van der Waals surface area contributed by atoms with E-state index in [1.165, 1.54) is 21.6 Å². The molecule has 0 fully saturated rings. The zero-order valence-corrected chi connectivity index (χ0v) is 19.5. The third kappa shape index (κ3) is 4.47. The Morgan fingerprint density at radius 2 is 1.63 bits per heavy atom. The summed E-state index contributed by atoms with van der Waals surface area (Å²) in [6.07, 6.45) is 2.22. The molecule has 5 heteroatoms. The molecule has 2 aromatic carbocycles. The topological polar surface area (TPSA) is 35.0 Å². The zero-order chi connectivity index (χ0) is 21.1. The van der Waals surface area contributed by atoms with Crippen LogP contribution in [0.5, 0.6) is 5.75 Å². The van der Waals surface area contributed by atoms with Gasteiger partial charge in [0.15, 0.2) is 10.0 Å². The number of hydrogen-bond donors (Lipinski definition) is 0. The molecule has 0 saturated heterocycles. The molecule has 0 bridgehead atoms. The number of unbranched alkanes of at least 4 members (excludes halogenated alkanes) is 1. The van der Waals surface area contributed by atoms with Crippen molar-refractivity contribution in [3.63, 3.8) is 0 Å². The SMILES string of the molecule is CCCCOc1ccc(-c2csc(-c3nc(-c4ccc(C)c(C)c4)c(C)s3)n2)cc1. The van der Waals surface area contributed by atoms with Gasteiger partial charge >= 0.3 is 0 Å². The third-order valence-corrected chi connectivity index (χ3v) is 7.14. The van der Waals surface area contributed by atoms with Crippen molar-refractivity contribution >= 4 is 22.7 Å². The molecule has 0 radical (unpaired) electrons. The van der Waals surface area contributed by atoms with Gasteiger partial charge in [0.05, 0.1) is 18.0 Å². The highest BCUT2D eigenvalue weighted by Crippen LogP contribution is 2.36. The molecule has 0 spiro atoms. The van der Waals surface area contributed by atoms with E-state index in [4.69, 9.17) is 14.7 Å². The van der Waals surface area contributed by atoms with Gasteiger partial charge in [-0.2, -0.15) is 0 Å². The first-order valence-corrected chi connectivity index (χ1v) is 12.0. The Balaban J connectivity index is 1.55. The molecule has 0 aliphatic heterocycles. The van der Waals surface area contributed by atoms with Gasteiger partial charge in [0.1, 0.15) is 5.75 Å². The maximum absolute atomic E-state index is 5.76. The highest BCUT2D eigenvalue weighted by Gasteiger charge is 2.15. The number of aromatic nitrogens is 2. The number of hydrogen-bond acceptors (Lipinski definition) is 5. The molecule has 3 nitrogen and oxygen atoms in total. The second-order valence-corrected chi connectivity index (χ2v) is 9.55. The quantitative estimate of drug-likeness (QED) is 0.279. The molecule has 0 aliphatic carbocycles. The molecule has 0 N–H and O–H groups in total. The van der Waals surface area contributed by atoms with E-state index in [-0.39, 0.29) is 0 Å². The highest BCUT2D eigenvalue weighted by atomic mass is 32.1. The Labute approximate surface area is 186 Å². The summed E-state index contributed by atoms with van der Waals surface area (Å²) in [5, 5.41) is 4.06. The van der Waals surface area contributed by atoms with Crippen LogP contribution in [0, 0.1) is 20.8 Å². The van der Waals surface area contributed by atoms with Crippen LogP contribution in [0.4, 0.5) is 0 Å². The molecule has 0 aliphatic rings. The largest absolute Gasteiger partial charge is 0.494 e. The fourth-order valence-corrected chi connectivity index (χ4v) is 5.00. The van der Waals surface area contributed by atoms with Gasteiger partial charge in [0.25, 0.3) is 0 Å². The van der Waals surface area contributed by atoms with Gasteiger partial charge in [0.2, 0.25) is 0 Å². The van der Waals surface area contributed by atoms with Gasteiger partial charge in [-0.05, 0) is 68.7 Å². The number of rotatable bonds is 7. The Bertz CT molecular complexity index is 1140. The van der Waals surface area contributed by atoms with E-state index in [0.29, 0.717) is 0 Å². The van der Waals surface area contributed by atoms with E-state index < -0.39 is 0 Å². The molecule has 30 heavy (non-hydrogen) atoms. The number of aryl methyl sites for hydroxylation is 3. The molecule has 0 atom stereocenters. The van der Waals surface area contributed by atoms with Gasteiger partial charge in [-0.3, -0.25) is 0 Å². The van der Waals surface area contributed by atoms with Crippen LogP contribution in [0.1, 0.15) is 35.8 Å². The second kappa shape index (κ2) is 9.11. The van der Waals surface area contributed by atoms with Crippen molar-refractivity contribution < 1.29 is 4.74 Å². The van der Waals surface area contributed by atoms with E-state index in [1.807, 2.05) is 12.1 Å². The normalized spacial score (nSPS) is 11.1. The predicted octanol–water partition coefficient (Wildman–Crippen LogP) is 7.70. The summed E-state index contributed by atoms with van der Waals surface area (Å²) in [6.45, 7) is 9.36. The lowest BCUT2D eigenvalue weighted by molar-refractivity contribution is 0.309. The monoisotopic (exact) mass is 434 g/mol. The second-order valence-electron chi connectivity index (χ2n) is 7.49. The van der Waals surface area contributed by atoms with Crippen LogP contribution in [0.25, 0.3) is 32.5 Å². The smallest absolute Gasteiger partial charge is 0.153 e. The van der Waals surface area contributed by atoms with Crippen molar-refractivity contribution in [2.45, 2.75) is 40.5 Å². The fraction of sp³-hybridized carbons (Fsp3) is 0.280. The number of nitrogens with zero attached hydrogens (tertiary/aromatic N) is 2. The van der Waals surface area contributed by atoms with Crippen LogP contribution in [0.3, 0.4) is 0 Å². The van der Waals surface area contributed by atoms with Crippen molar-refractivity contribution in [3.05, 3.63) is 63.8 Å². The van der Waals surface area contributed by atoms with Crippen LogP contribution in [0.15, 0.2) is 47.8 Å². The van der Waals surface area contributed by atoms with Gasteiger partial charge in [-0.25, -0.2) is 9.97 Å². The van der Waals surface area contributed by atoms with Gasteiger partial charge < -0.3 is 4.74 Å². The summed E-state index contributed by atoms with van der Waals surface area (Å²) in [6, 6.07) is 14.7. The van der Waals surface area contributed by atoms with Crippen LogP contribution in [-0.2, 0) is 0 Å². The van der Waals surface area contributed by atoms with E-state index in [2.05, 4.69) is 63.4 Å². The van der Waals surface area contributed by atoms with E-state index in [1.54, 1.807) is 22.7 Å². The summed E-state index contributed by atoms with van der Waals surface area (Å²) in [5.74, 6) is 0.913. The van der Waals surface area contributed by atoms with E-state index in [9.17, 15) is 0 Å². The Morgan fingerprint density at radius 3 is 2.37 bits per heavy atom. The van der Waals surface area contributed by atoms with E-state index in [0.717, 1.165) is 52.2 Å². The average Bonchev–Trinajstić information content (AvgIpc) is 3.38. The minimum absolute atomic E-state index is 0.767. The summed E-state index contributed by atoms with van der Waals surface area (Å²) in [7, 11) is 0. The summed E-state index contributed by atoms with van der Waals surface area (Å²) < 4.78 is 5.76. The van der Waals surface area contributed by atoms with Crippen molar-refractivity contribution in [2.75, 3.05) is 6.61 Å². The Hall–Kier alpha value is -2.50. The van der Waals surface area contributed by atoms with Gasteiger partial charge in [-0.15, -0.1) is 22.7 Å². The first kappa shape index (κ1) is 20.8. The molecule has 4 aromatic rings. The maximum Gasteiger partial charge on any atom is 0.153 e. The summed E-state index contributed by atoms with van der Waals surface area (Å²) >= 11 is 3.36. The van der Waals surface area contributed by atoms with Crippen LogP contribution in [-0.4, -0.2) is 16.6 Å². The maximum atomic E-state index is 5.76. The van der Waals surface area contributed by atoms with Crippen LogP contribution in [0.2, 0.25) is 0 Å². The van der Waals surface area contributed by atoms with Crippen molar-refractivity contribution in [1.82, 2.24) is 9.97 Å². The van der Waals surface area contributed by atoms with Gasteiger partial charge in [0, 0.05) is 21.4 Å². The molecule has 4 rings (SSSR count). The van der Waals surface area contributed by atoms with E-state index >= 15 is 0 Å².